The molecule has 3 fully saturated rings. The van der Waals surface area contributed by atoms with Gasteiger partial charge in [-0.3, -0.25) is 9.88 Å². The number of pyridine rings is 1. The monoisotopic (exact) mass is 245 g/mol. The van der Waals surface area contributed by atoms with Crippen LogP contribution in [0.4, 0.5) is 0 Å². The Morgan fingerprint density at radius 2 is 2.28 bits per heavy atom. The lowest BCUT2D eigenvalue weighted by Gasteiger charge is -2.56. The standard InChI is InChI=1S/C14H19N3O/c1-3-16-9-12-7-13(10-16)17(12)8-11-6-14(18-2)4-5-15-11/h3-6,12-13H,1,7-10H2,2H3. The molecule has 3 saturated heterocycles. The molecule has 4 nitrogen and oxygen atoms in total. The molecule has 1 aromatic rings. The molecular formula is C14H19N3O. The zero-order valence-electron chi connectivity index (χ0n) is 10.7. The van der Waals surface area contributed by atoms with Crippen LogP contribution in [0.25, 0.3) is 0 Å². The molecule has 1 aromatic heterocycles. The second kappa shape index (κ2) is 4.61. The molecule has 4 heteroatoms. The number of aromatic nitrogens is 1. The van der Waals surface area contributed by atoms with E-state index in [0.29, 0.717) is 12.1 Å². The van der Waals surface area contributed by atoms with E-state index in [1.54, 1.807) is 7.11 Å². The second-order valence-corrected chi connectivity index (χ2v) is 5.04. The molecule has 0 N–H and O–H groups in total. The Morgan fingerprint density at radius 3 is 2.94 bits per heavy atom. The number of piperidine rings is 1. The van der Waals surface area contributed by atoms with Gasteiger partial charge in [-0.2, -0.15) is 0 Å². The number of piperazine rings is 1. The molecular weight excluding hydrogens is 226 g/mol. The molecule has 18 heavy (non-hydrogen) atoms. The van der Waals surface area contributed by atoms with Gasteiger partial charge >= 0.3 is 0 Å². The molecule has 0 aliphatic carbocycles. The van der Waals surface area contributed by atoms with Gasteiger partial charge < -0.3 is 9.64 Å². The highest BCUT2D eigenvalue weighted by atomic mass is 16.5. The fraction of sp³-hybridized carbons (Fsp3) is 0.500. The van der Waals surface area contributed by atoms with E-state index in [4.69, 9.17) is 4.74 Å². The van der Waals surface area contributed by atoms with Crippen LogP contribution in [0.3, 0.4) is 0 Å². The van der Waals surface area contributed by atoms with Gasteiger partial charge in [-0.05, 0) is 18.7 Å². The third-order valence-electron chi connectivity index (χ3n) is 4.00. The van der Waals surface area contributed by atoms with Gasteiger partial charge in [-0.25, -0.2) is 0 Å². The number of hydrogen-bond donors (Lipinski definition) is 0. The molecule has 0 amide bonds. The van der Waals surface area contributed by atoms with Crippen molar-refractivity contribution in [3.8, 4) is 5.75 Å². The lowest BCUT2D eigenvalue weighted by atomic mass is 9.87. The van der Waals surface area contributed by atoms with Crippen LogP contribution in [0.2, 0.25) is 0 Å². The molecule has 96 valence electrons. The van der Waals surface area contributed by atoms with Gasteiger partial charge in [-0.15, -0.1) is 0 Å². The summed E-state index contributed by atoms with van der Waals surface area (Å²) in [5.41, 5.74) is 1.09. The quantitative estimate of drug-likeness (QED) is 0.803. The largest absolute Gasteiger partial charge is 0.497 e. The molecule has 2 atom stereocenters. The first-order chi connectivity index (χ1) is 8.80. The van der Waals surface area contributed by atoms with Gasteiger partial charge in [0.2, 0.25) is 0 Å². The number of fused-ring (bicyclic) bond motifs is 2. The average Bonchev–Trinajstić information content (AvgIpc) is 2.45. The average molecular weight is 245 g/mol. The summed E-state index contributed by atoms with van der Waals surface area (Å²) in [7, 11) is 1.69. The van der Waals surface area contributed by atoms with Gasteiger partial charge in [0.15, 0.2) is 0 Å². The summed E-state index contributed by atoms with van der Waals surface area (Å²) in [6.07, 6.45) is 5.09. The third-order valence-corrected chi connectivity index (χ3v) is 4.00. The first-order valence-corrected chi connectivity index (χ1v) is 6.41. The summed E-state index contributed by atoms with van der Waals surface area (Å²) in [4.78, 5) is 9.28. The van der Waals surface area contributed by atoms with Gasteiger partial charge in [0.1, 0.15) is 5.75 Å². The fourth-order valence-electron chi connectivity index (χ4n) is 2.98. The first kappa shape index (κ1) is 11.5. The van der Waals surface area contributed by atoms with Gasteiger partial charge in [-0.1, -0.05) is 6.58 Å². The Balaban J connectivity index is 1.66. The van der Waals surface area contributed by atoms with E-state index < -0.39 is 0 Å². The van der Waals surface area contributed by atoms with Crippen molar-refractivity contribution in [3.05, 3.63) is 36.8 Å². The van der Waals surface area contributed by atoms with E-state index in [-0.39, 0.29) is 0 Å². The van der Waals surface area contributed by atoms with Crippen molar-refractivity contribution in [2.24, 2.45) is 0 Å². The van der Waals surface area contributed by atoms with Gasteiger partial charge in [0.25, 0.3) is 0 Å². The third kappa shape index (κ3) is 1.97. The molecule has 2 bridgehead atoms. The van der Waals surface area contributed by atoms with Crippen molar-refractivity contribution in [3.63, 3.8) is 0 Å². The lowest BCUT2D eigenvalue weighted by Crippen LogP contribution is -2.67. The van der Waals surface area contributed by atoms with E-state index in [2.05, 4.69) is 21.4 Å². The fourth-order valence-corrected chi connectivity index (χ4v) is 2.98. The minimum absolute atomic E-state index is 0.662. The van der Waals surface area contributed by atoms with E-state index in [1.165, 1.54) is 6.42 Å². The van der Waals surface area contributed by atoms with Crippen molar-refractivity contribution < 1.29 is 4.74 Å². The summed E-state index contributed by atoms with van der Waals surface area (Å²) < 4.78 is 5.24. The Kier molecular flexibility index (Phi) is 2.96. The molecule has 4 rings (SSSR count). The summed E-state index contributed by atoms with van der Waals surface area (Å²) in [5, 5.41) is 0. The lowest BCUT2D eigenvalue weighted by molar-refractivity contribution is -0.0610. The second-order valence-electron chi connectivity index (χ2n) is 5.04. The maximum atomic E-state index is 5.24. The molecule has 2 unspecified atom stereocenters. The van der Waals surface area contributed by atoms with E-state index >= 15 is 0 Å². The van der Waals surface area contributed by atoms with Crippen LogP contribution in [0.15, 0.2) is 31.1 Å². The summed E-state index contributed by atoms with van der Waals surface area (Å²) in [6.45, 7) is 6.98. The van der Waals surface area contributed by atoms with E-state index in [9.17, 15) is 0 Å². The maximum Gasteiger partial charge on any atom is 0.122 e. The van der Waals surface area contributed by atoms with Crippen molar-refractivity contribution in [1.82, 2.24) is 14.8 Å². The molecule has 4 heterocycles. The maximum absolute atomic E-state index is 5.24. The van der Waals surface area contributed by atoms with Crippen molar-refractivity contribution >= 4 is 0 Å². The van der Waals surface area contributed by atoms with Crippen LogP contribution in [-0.2, 0) is 6.54 Å². The highest BCUT2D eigenvalue weighted by Crippen LogP contribution is 2.33. The minimum Gasteiger partial charge on any atom is -0.497 e. The van der Waals surface area contributed by atoms with Crippen LogP contribution in [-0.4, -0.2) is 47.1 Å². The number of rotatable bonds is 4. The summed E-state index contributed by atoms with van der Waals surface area (Å²) >= 11 is 0. The predicted octanol–water partition coefficient (Wildman–Crippen LogP) is 1.49. The number of nitrogens with zero attached hydrogens (tertiary/aromatic N) is 3. The predicted molar refractivity (Wildman–Crippen MR) is 70.3 cm³/mol. The summed E-state index contributed by atoms with van der Waals surface area (Å²) in [6, 6.07) is 5.24. The molecule has 3 aliphatic rings. The SMILES string of the molecule is C=CN1CC2CC(C1)N2Cc1cc(OC)ccn1. The topological polar surface area (TPSA) is 28.6 Å². The van der Waals surface area contributed by atoms with Crippen LogP contribution in [0.5, 0.6) is 5.75 Å². The van der Waals surface area contributed by atoms with Crippen molar-refractivity contribution in [2.75, 3.05) is 20.2 Å². The number of ether oxygens (including phenoxy) is 1. The molecule has 0 spiro atoms. The Labute approximate surface area is 108 Å². The van der Waals surface area contributed by atoms with Crippen LogP contribution < -0.4 is 4.74 Å². The Morgan fingerprint density at radius 1 is 1.50 bits per heavy atom. The normalized spacial score (nSPS) is 26.6. The number of methoxy groups -OCH3 is 1. The Hall–Kier alpha value is -1.55. The highest BCUT2D eigenvalue weighted by Gasteiger charge is 2.43. The number of hydrogen-bond acceptors (Lipinski definition) is 4. The van der Waals surface area contributed by atoms with Crippen molar-refractivity contribution in [1.29, 1.82) is 0 Å². The first-order valence-electron chi connectivity index (χ1n) is 6.41. The molecule has 0 aromatic carbocycles. The van der Waals surface area contributed by atoms with Crippen LogP contribution in [0, 0.1) is 0 Å². The summed E-state index contributed by atoms with van der Waals surface area (Å²) in [5.74, 6) is 0.887. The molecule has 0 radical (unpaired) electrons. The molecule has 0 saturated carbocycles. The smallest absolute Gasteiger partial charge is 0.122 e. The minimum atomic E-state index is 0.662. The van der Waals surface area contributed by atoms with E-state index in [0.717, 1.165) is 31.1 Å². The van der Waals surface area contributed by atoms with Crippen LogP contribution >= 0.6 is 0 Å². The van der Waals surface area contributed by atoms with Crippen molar-refractivity contribution in [2.45, 2.75) is 25.0 Å². The zero-order valence-corrected chi connectivity index (χ0v) is 10.7. The Bertz CT molecular complexity index is 436. The van der Waals surface area contributed by atoms with E-state index in [1.807, 2.05) is 24.5 Å². The highest BCUT2D eigenvalue weighted by molar-refractivity contribution is 5.23. The molecule has 3 aliphatic heterocycles. The van der Waals surface area contributed by atoms with Gasteiger partial charge in [0.05, 0.1) is 12.8 Å². The zero-order chi connectivity index (χ0) is 12.5. The van der Waals surface area contributed by atoms with Gasteiger partial charge in [0, 0.05) is 44.0 Å². The van der Waals surface area contributed by atoms with Crippen LogP contribution in [0.1, 0.15) is 12.1 Å².